The second kappa shape index (κ2) is 11.0. The number of aromatic nitrogens is 2. The molecular formula is C32H25N3O3. The van der Waals surface area contributed by atoms with E-state index in [2.05, 4.69) is 47.0 Å². The highest BCUT2D eigenvalue weighted by Gasteiger charge is 2.38. The molecule has 1 heterocycles. The van der Waals surface area contributed by atoms with Crippen molar-refractivity contribution in [3.63, 3.8) is 0 Å². The van der Waals surface area contributed by atoms with Crippen molar-refractivity contribution >= 4 is 5.97 Å². The third kappa shape index (κ3) is 4.71. The molecule has 0 spiro atoms. The summed E-state index contributed by atoms with van der Waals surface area (Å²) in [6.07, 6.45) is 2.95. The number of rotatable bonds is 9. The fourth-order valence-corrected chi connectivity index (χ4v) is 4.88. The van der Waals surface area contributed by atoms with Crippen molar-refractivity contribution in [1.29, 1.82) is 5.26 Å². The number of benzene rings is 4. The van der Waals surface area contributed by atoms with Crippen LogP contribution in [0.4, 0.5) is 0 Å². The zero-order valence-corrected chi connectivity index (χ0v) is 20.5. The van der Waals surface area contributed by atoms with Crippen LogP contribution in [0.1, 0.15) is 39.6 Å². The number of aliphatic carboxylic acids is 1. The van der Waals surface area contributed by atoms with Gasteiger partial charge in [0.15, 0.2) is 0 Å². The molecular weight excluding hydrogens is 474 g/mol. The molecule has 0 aliphatic carbocycles. The van der Waals surface area contributed by atoms with Gasteiger partial charge in [-0.3, -0.25) is 0 Å². The van der Waals surface area contributed by atoms with Crippen molar-refractivity contribution in [2.24, 2.45) is 0 Å². The van der Waals surface area contributed by atoms with Gasteiger partial charge in [0, 0.05) is 6.20 Å². The van der Waals surface area contributed by atoms with Crippen molar-refractivity contribution in [1.82, 2.24) is 9.55 Å². The average Bonchev–Trinajstić information content (AvgIpc) is 3.45. The first-order valence-electron chi connectivity index (χ1n) is 12.2. The Balaban J connectivity index is 1.71. The van der Waals surface area contributed by atoms with Gasteiger partial charge in [-0.1, -0.05) is 103 Å². The van der Waals surface area contributed by atoms with Gasteiger partial charge in [-0.15, -0.1) is 0 Å². The van der Waals surface area contributed by atoms with Crippen LogP contribution >= 0.6 is 0 Å². The Morgan fingerprint density at radius 3 is 1.79 bits per heavy atom. The first-order valence-corrected chi connectivity index (χ1v) is 12.2. The largest absolute Gasteiger partial charge is 0.480 e. The van der Waals surface area contributed by atoms with Gasteiger partial charge in [-0.25, -0.2) is 9.78 Å². The number of hydrogen-bond acceptors (Lipinski definition) is 4. The molecule has 6 nitrogen and oxygen atoms in total. The van der Waals surface area contributed by atoms with Crippen LogP contribution in [-0.4, -0.2) is 27.2 Å². The Morgan fingerprint density at radius 1 is 0.842 bits per heavy atom. The number of imidazole rings is 1. The van der Waals surface area contributed by atoms with Crippen LogP contribution in [0.15, 0.2) is 128 Å². The summed E-state index contributed by atoms with van der Waals surface area (Å²) in [4.78, 5) is 16.1. The van der Waals surface area contributed by atoms with Crippen LogP contribution in [0.3, 0.4) is 0 Å². The lowest BCUT2D eigenvalue weighted by molar-refractivity contribution is -0.143. The summed E-state index contributed by atoms with van der Waals surface area (Å²) >= 11 is 0. The molecule has 0 aliphatic heterocycles. The quantitative estimate of drug-likeness (QED) is 0.260. The maximum atomic E-state index is 11.4. The molecule has 5 aromatic rings. The molecule has 186 valence electrons. The summed E-state index contributed by atoms with van der Waals surface area (Å²) in [6, 6.07) is 39.7. The summed E-state index contributed by atoms with van der Waals surface area (Å²) in [5.41, 5.74) is 4.15. The number of ether oxygens (including phenoxy) is 1. The summed E-state index contributed by atoms with van der Waals surface area (Å²) in [6.45, 7) is -0.487. The molecule has 0 aliphatic rings. The zero-order valence-electron chi connectivity index (χ0n) is 20.5. The maximum absolute atomic E-state index is 11.4. The van der Waals surface area contributed by atoms with E-state index in [-0.39, 0.29) is 0 Å². The number of carboxylic acids is 1. The minimum atomic E-state index is -1.07. The van der Waals surface area contributed by atoms with Crippen LogP contribution in [0, 0.1) is 11.3 Å². The fraction of sp³-hybridized carbons (Fsp3) is 0.0938. The Kier molecular flexibility index (Phi) is 7.12. The molecule has 4 aromatic carbocycles. The molecule has 1 N–H and O–H groups in total. The standard InChI is InChI=1S/C32H25N3O3/c33-20-24-16-18-25(19-17-24)31(38-22-30(36)37)29-21-35(23-34-29)32(26-10-4-1-5-11-26,27-12-6-2-7-13-27)28-14-8-3-9-15-28/h1-19,21,23,31H,22H2,(H,36,37). The van der Waals surface area contributed by atoms with E-state index in [1.54, 1.807) is 30.6 Å². The van der Waals surface area contributed by atoms with Gasteiger partial charge < -0.3 is 14.4 Å². The molecule has 1 atom stereocenters. The van der Waals surface area contributed by atoms with Gasteiger partial charge in [0.05, 0.1) is 23.7 Å². The Bertz CT molecular complexity index is 1440. The van der Waals surface area contributed by atoms with E-state index in [0.717, 1.165) is 16.7 Å². The van der Waals surface area contributed by atoms with Gasteiger partial charge in [-0.05, 0) is 34.4 Å². The lowest BCUT2D eigenvalue weighted by atomic mass is 9.77. The highest BCUT2D eigenvalue weighted by molar-refractivity contribution is 5.68. The molecule has 1 aromatic heterocycles. The Hall–Kier alpha value is -4.99. The summed E-state index contributed by atoms with van der Waals surface area (Å²) in [7, 11) is 0. The van der Waals surface area contributed by atoms with E-state index < -0.39 is 24.2 Å². The van der Waals surface area contributed by atoms with Crippen molar-refractivity contribution in [3.05, 3.63) is 161 Å². The topological polar surface area (TPSA) is 88.1 Å². The molecule has 0 saturated heterocycles. The minimum absolute atomic E-state index is 0.487. The number of carbonyl (C=O) groups is 1. The average molecular weight is 500 g/mol. The fourth-order valence-electron chi connectivity index (χ4n) is 4.88. The van der Waals surface area contributed by atoms with Gasteiger partial charge in [-0.2, -0.15) is 5.26 Å². The van der Waals surface area contributed by atoms with Crippen molar-refractivity contribution in [2.75, 3.05) is 6.61 Å². The van der Waals surface area contributed by atoms with Crippen LogP contribution in [0.5, 0.6) is 0 Å². The first kappa shape index (κ1) is 24.7. The van der Waals surface area contributed by atoms with E-state index in [9.17, 15) is 15.2 Å². The normalized spacial score (nSPS) is 12.0. The van der Waals surface area contributed by atoms with Gasteiger partial charge in [0.25, 0.3) is 0 Å². The Labute approximate surface area is 221 Å². The van der Waals surface area contributed by atoms with E-state index in [0.29, 0.717) is 16.8 Å². The molecule has 6 heteroatoms. The highest BCUT2D eigenvalue weighted by atomic mass is 16.5. The van der Waals surface area contributed by atoms with Crippen molar-refractivity contribution in [3.8, 4) is 6.07 Å². The van der Waals surface area contributed by atoms with Gasteiger partial charge in [0.1, 0.15) is 18.2 Å². The van der Waals surface area contributed by atoms with E-state index >= 15 is 0 Å². The Morgan fingerprint density at radius 2 is 1.34 bits per heavy atom. The van der Waals surface area contributed by atoms with Crippen LogP contribution < -0.4 is 0 Å². The SMILES string of the molecule is N#Cc1ccc(C(OCC(=O)O)c2cn(C(c3ccccc3)(c3ccccc3)c3ccccc3)cn2)cc1. The lowest BCUT2D eigenvalue weighted by Crippen LogP contribution is -2.37. The third-order valence-electron chi connectivity index (χ3n) is 6.55. The van der Waals surface area contributed by atoms with E-state index in [1.807, 2.05) is 60.8 Å². The van der Waals surface area contributed by atoms with Crippen LogP contribution in [-0.2, 0) is 15.1 Å². The van der Waals surface area contributed by atoms with Crippen LogP contribution in [0.25, 0.3) is 0 Å². The summed E-state index contributed by atoms with van der Waals surface area (Å²) in [5.74, 6) is -1.07. The summed E-state index contributed by atoms with van der Waals surface area (Å²) in [5, 5.41) is 18.5. The second-order valence-electron chi connectivity index (χ2n) is 8.83. The van der Waals surface area contributed by atoms with Gasteiger partial charge >= 0.3 is 5.97 Å². The first-order chi connectivity index (χ1) is 18.6. The predicted octanol–water partition coefficient (Wildman–Crippen LogP) is 5.79. The summed E-state index contributed by atoms with van der Waals surface area (Å²) < 4.78 is 7.89. The van der Waals surface area contributed by atoms with Crippen molar-refractivity contribution < 1.29 is 14.6 Å². The molecule has 5 rings (SSSR count). The monoisotopic (exact) mass is 499 g/mol. The maximum Gasteiger partial charge on any atom is 0.329 e. The molecule has 0 fully saturated rings. The molecule has 0 amide bonds. The van der Waals surface area contributed by atoms with Gasteiger partial charge in [0.2, 0.25) is 0 Å². The number of hydrogen-bond donors (Lipinski definition) is 1. The minimum Gasteiger partial charge on any atom is -0.480 e. The zero-order chi connectivity index (χ0) is 26.4. The highest BCUT2D eigenvalue weighted by Crippen LogP contribution is 2.41. The van der Waals surface area contributed by atoms with Crippen LogP contribution in [0.2, 0.25) is 0 Å². The smallest absolute Gasteiger partial charge is 0.329 e. The number of carboxylic acid groups (broad SMARTS) is 1. The second-order valence-corrected chi connectivity index (χ2v) is 8.83. The van der Waals surface area contributed by atoms with E-state index in [1.165, 1.54) is 0 Å². The molecule has 38 heavy (non-hydrogen) atoms. The predicted molar refractivity (Wildman–Crippen MR) is 143 cm³/mol. The molecule has 0 saturated carbocycles. The lowest BCUT2D eigenvalue weighted by Gasteiger charge is -2.37. The number of nitriles is 1. The molecule has 0 radical (unpaired) electrons. The van der Waals surface area contributed by atoms with E-state index in [4.69, 9.17) is 9.72 Å². The van der Waals surface area contributed by atoms with Crippen molar-refractivity contribution in [2.45, 2.75) is 11.6 Å². The molecule has 1 unspecified atom stereocenters. The third-order valence-corrected chi connectivity index (χ3v) is 6.55. The number of nitrogens with zero attached hydrogens (tertiary/aromatic N) is 3. The molecule has 0 bridgehead atoms.